The van der Waals surface area contributed by atoms with E-state index in [9.17, 15) is 9.59 Å². The van der Waals surface area contributed by atoms with Crippen LogP contribution in [0.1, 0.15) is 23.1 Å². The van der Waals surface area contributed by atoms with Gasteiger partial charge in [-0.3, -0.25) is 9.59 Å². The highest BCUT2D eigenvalue weighted by molar-refractivity contribution is 6.03. The van der Waals surface area contributed by atoms with Gasteiger partial charge < -0.3 is 10.1 Å². The number of nitrogens with one attached hydrogen (secondary N) is 2. The Labute approximate surface area is 146 Å². The highest BCUT2D eigenvalue weighted by atomic mass is 16.5. The van der Waals surface area contributed by atoms with E-state index in [1.165, 1.54) is 6.21 Å². The summed E-state index contributed by atoms with van der Waals surface area (Å²) in [5, 5.41) is 6.55. The van der Waals surface area contributed by atoms with Gasteiger partial charge in [0.05, 0.1) is 13.3 Å². The van der Waals surface area contributed by atoms with Gasteiger partial charge in [-0.15, -0.1) is 0 Å². The molecule has 0 aliphatic heterocycles. The second kappa shape index (κ2) is 8.63. The molecule has 2 amide bonds. The number of hydrogen-bond donors (Lipinski definition) is 2. The van der Waals surface area contributed by atoms with Crippen LogP contribution in [0, 0.1) is 13.8 Å². The number of carbonyl (C=O) groups is 2. The van der Waals surface area contributed by atoms with E-state index in [2.05, 4.69) is 15.8 Å². The Kier molecular flexibility index (Phi) is 6.28. The van der Waals surface area contributed by atoms with Crippen molar-refractivity contribution in [3.63, 3.8) is 0 Å². The lowest BCUT2D eigenvalue weighted by Gasteiger charge is -2.05. The highest BCUT2D eigenvalue weighted by Gasteiger charge is 2.09. The molecular weight excluding hydrogens is 318 g/mol. The van der Waals surface area contributed by atoms with E-state index < -0.39 is 11.8 Å². The topological polar surface area (TPSA) is 79.8 Å². The average Bonchev–Trinajstić information content (AvgIpc) is 2.58. The molecule has 0 aliphatic carbocycles. The summed E-state index contributed by atoms with van der Waals surface area (Å²) >= 11 is 0. The van der Waals surface area contributed by atoms with Crippen molar-refractivity contribution in [2.24, 2.45) is 5.10 Å². The molecule has 0 unspecified atom stereocenters. The monoisotopic (exact) mass is 339 g/mol. The Morgan fingerprint density at radius 3 is 2.44 bits per heavy atom. The van der Waals surface area contributed by atoms with E-state index in [4.69, 9.17) is 4.74 Å². The number of rotatable bonds is 6. The van der Waals surface area contributed by atoms with Crippen LogP contribution in [0.5, 0.6) is 5.75 Å². The van der Waals surface area contributed by atoms with Crippen LogP contribution in [0.15, 0.2) is 47.6 Å². The van der Waals surface area contributed by atoms with Gasteiger partial charge in [-0.2, -0.15) is 5.10 Å². The number of hydrogen-bond acceptors (Lipinski definition) is 4. The maximum Gasteiger partial charge on any atom is 0.249 e. The number of benzene rings is 2. The van der Waals surface area contributed by atoms with Gasteiger partial charge in [-0.25, -0.2) is 5.43 Å². The van der Waals surface area contributed by atoms with Gasteiger partial charge in [0.15, 0.2) is 0 Å². The first-order valence-corrected chi connectivity index (χ1v) is 7.81. The number of ether oxygens (including phenoxy) is 1. The van der Waals surface area contributed by atoms with Crippen molar-refractivity contribution in [3.05, 3.63) is 59.2 Å². The molecule has 130 valence electrons. The third kappa shape index (κ3) is 5.76. The zero-order chi connectivity index (χ0) is 18.2. The minimum atomic E-state index is -0.480. The maximum absolute atomic E-state index is 11.8. The van der Waals surface area contributed by atoms with Gasteiger partial charge in [-0.1, -0.05) is 17.7 Å². The quantitative estimate of drug-likeness (QED) is 0.482. The fourth-order valence-corrected chi connectivity index (χ4v) is 2.12. The van der Waals surface area contributed by atoms with E-state index >= 15 is 0 Å². The molecule has 6 nitrogen and oxygen atoms in total. The van der Waals surface area contributed by atoms with Gasteiger partial charge >= 0.3 is 0 Å². The van der Waals surface area contributed by atoms with Crippen LogP contribution < -0.4 is 15.5 Å². The van der Waals surface area contributed by atoms with Gasteiger partial charge in [0.2, 0.25) is 11.8 Å². The van der Waals surface area contributed by atoms with Crippen LogP contribution in [0.2, 0.25) is 0 Å². The predicted molar refractivity (Wildman–Crippen MR) is 97.9 cm³/mol. The summed E-state index contributed by atoms with van der Waals surface area (Å²) in [6, 6.07) is 12.9. The zero-order valence-corrected chi connectivity index (χ0v) is 14.5. The molecular formula is C19H21N3O3. The molecule has 25 heavy (non-hydrogen) atoms. The van der Waals surface area contributed by atoms with Crippen molar-refractivity contribution in [3.8, 4) is 5.75 Å². The lowest BCUT2D eigenvalue weighted by molar-refractivity contribution is -0.126. The highest BCUT2D eigenvalue weighted by Crippen LogP contribution is 2.15. The molecule has 0 aliphatic rings. The second-order valence-corrected chi connectivity index (χ2v) is 5.61. The fraction of sp³-hybridized carbons (Fsp3) is 0.211. The predicted octanol–water partition coefficient (Wildman–Crippen LogP) is 2.79. The number of aryl methyl sites for hydroxylation is 2. The molecule has 0 heterocycles. The number of hydrazone groups is 1. The van der Waals surface area contributed by atoms with Crippen LogP contribution in [-0.2, 0) is 9.59 Å². The Morgan fingerprint density at radius 2 is 1.80 bits per heavy atom. The minimum absolute atomic E-state index is 0.299. The Balaban J connectivity index is 1.83. The summed E-state index contributed by atoms with van der Waals surface area (Å²) in [7, 11) is 1.60. The maximum atomic E-state index is 11.8. The smallest absolute Gasteiger partial charge is 0.249 e. The molecule has 2 aromatic rings. The van der Waals surface area contributed by atoms with Gasteiger partial charge in [-0.05, 0) is 55.3 Å². The summed E-state index contributed by atoms with van der Waals surface area (Å²) in [5.74, 6) is -0.115. The second-order valence-electron chi connectivity index (χ2n) is 5.61. The average molecular weight is 339 g/mol. The molecule has 2 N–H and O–H groups in total. The van der Waals surface area contributed by atoms with Crippen molar-refractivity contribution in [2.75, 3.05) is 12.4 Å². The zero-order valence-electron chi connectivity index (χ0n) is 14.5. The van der Waals surface area contributed by atoms with Crippen molar-refractivity contribution in [1.82, 2.24) is 5.43 Å². The Hall–Kier alpha value is -3.15. The summed E-state index contributed by atoms with van der Waals surface area (Å²) in [4.78, 5) is 23.6. The first-order chi connectivity index (χ1) is 12.0. The molecule has 2 aromatic carbocycles. The lowest BCUT2D eigenvalue weighted by atomic mass is 10.1. The summed E-state index contributed by atoms with van der Waals surface area (Å²) in [5.41, 5.74) is 5.92. The summed E-state index contributed by atoms with van der Waals surface area (Å²) in [6.07, 6.45) is 1.23. The van der Waals surface area contributed by atoms with E-state index in [1.807, 2.05) is 44.2 Å². The summed E-state index contributed by atoms with van der Waals surface area (Å²) in [6.45, 7) is 3.88. The minimum Gasteiger partial charge on any atom is -0.497 e. The normalized spacial score (nSPS) is 10.5. The lowest BCUT2D eigenvalue weighted by Crippen LogP contribution is -2.24. The van der Waals surface area contributed by atoms with Crippen LogP contribution in [-0.4, -0.2) is 25.1 Å². The third-order valence-corrected chi connectivity index (χ3v) is 3.53. The molecule has 0 spiro atoms. The molecule has 0 saturated heterocycles. The third-order valence-electron chi connectivity index (χ3n) is 3.53. The molecule has 0 radical (unpaired) electrons. The van der Waals surface area contributed by atoms with Crippen molar-refractivity contribution < 1.29 is 14.3 Å². The van der Waals surface area contributed by atoms with E-state index in [1.54, 1.807) is 19.2 Å². The molecule has 0 bridgehead atoms. The molecule has 0 aromatic heterocycles. The number of carbonyl (C=O) groups excluding carboxylic acids is 2. The number of methoxy groups -OCH3 is 1. The van der Waals surface area contributed by atoms with Crippen molar-refractivity contribution in [1.29, 1.82) is 0 Å². The molecule has 0 fully saturated rings. The fourth-order valence-electron chi connectivity index (χ4n) is 2.12. The van der Waals surface area contributed by atoms with E-state index in [-0.39, 0.29) is 6.42 Å². The number of amides is 2. The molecule has 2 rings (SSSR count). The Morgan fingerprint density at radius 1 is 1.08 bits per heavy atom. The van der Waals surface area contributed by atoms with Gasteiger partial charge in [0.25, 0.3) is 0 Å². The number of anilines is 1. The van der Waals surface area contributed by atoms with Gasteiger partial charge in [0.1, 0.15) is 12.2 Å². The van der Waals surface area contributed by atoms with E-state index in [0.29, 0.717) is 5.69 Å². The van der Waals surface area contributed by atoms with Crippen molar-refractivity contribution in [2.45, 2.75) is 20.3 Å². The van der Waals surface area contributed by atoms with Crippen LogP contribution in [0.25, 0.3) is 0 Å². The van der Waals surface area contributed by atoms with E-state index in [0.717, 1.165) is 22.4 Å². The first-order valence-electron chi connectivity index (χ1n) is 7.81. The first kappa shape index (κ1) is 18.2. The van der Waals surface area contributed by atoms with Crippen LogP contribution in [0.3, 0.4) is 0 Å². The standard InChI is InChI=1S/C19H21N3O3/c1-13-4-7-16(8-5-13)21-18(23)11-19(24)22-20-12-15-6-9-17(25-3)10-14(15)2/h4-10,12H,11H2,1-3H3,(H,21,23)(H,22,24). The number of nitrogens with zero attached hydrogens (tertiary/aromatic N) is 1. The summed E-state index contributed by atoms with van der Waals surface area (Å²) < 4.78 is 5.13. The van der Waals surface area contributed by atoms with Crippen LogP contribution in [0.4, 0.5) is 5.69 Å². The molecule has 0 saturated carbocycles. The van der Waals surface area contributed by atoms with Gasteiger partial charge in [0, 0.05) is 5.69 Å². The van der Waals surface area contributed by atoms with Crippen LogP contribution >= 0.6 is 0 Å². The Bertz CT molecular complexity index is 783. The largest absolute Gasteiger partial charge is 0.497 e. The SMILES string of the molecule is COc1ccc(C=NNC(=O)CC(=O)Nc2ccc(C)cc2)c(C)c1. The molecule has 6 heteroatoms. The van der Waals surface area contributed by atoms with Crippen molar-refractivity contribution >= 4 is 23.7 Å². The molecule has 0 atom stereocenters.